The van der Waals surface area contributed by atoms with E-state index in [2.05, 4.69) is 36.9 Å². The van der Waals surface area contributed by atoms with Gasteiger partial charge in [-0.05, 0) is 30.0 Å². The van der Waals surface area contributed by atoms with Crippen molar-refractivity contribution < 1.29 is 53.4 Å². The Balaban J connectivity index is 1.80. The first kappa shape index (κ1) is 47.5. The Morgan fingerprint density at radius 3 is 1.80 bits per heavy atom. The van der Waals surface area contributed by atoms with E-state index < -0.39 is 121 Å². The van der Waals surface area contributed by atoms with Gasteiger partial charge in [0.15, 0.2) is 0 Å². The molecule has 0 fully saturated rings. The molecule has 2 aromatic carbocycles. The number of benzene rings is 2. The molecule has 21 nitrogen and oxygen atoms in total. The Bertz CT molecular complexity index is 2040. The molecule has 21 heteroatoms. The molecule has 3 rings (SSSR count). The van der Waals surface area contributed by atoms with Crippen LogP contribution >= 0.6 is 0 Å². The highest BCUT2D eigenvalue weighted by atomic mass is 16.4. The average molecular weight is 837 g/mol. The van der Waals surface area contributed by atoms with Gasteiger partial charge in [-0.15, -0.1) is 0 Å². The number of H-pyrrole nitrogens is 1. The van der Waals surface area contributed by atoms with Crippen LogP contribution in [0.4, 0.5) is 0 Å². The fourth-order valence-electron chi connectivity index (χ4n) is 6.01. The van der Waals surface area contributed by atoms with E-state index in [0.717, 1.165) is 17.8 Å². The fraction of sp³-hybridized carbons (Fsp3) is 0.410. The number of nitrogens with one attached hydrogen (secondary N) is 7. The highest BCUT2D eigenvalue weighted by Gasteiger charge is 2.34. The molecule has 15 N–H and O–H groups in total. The van der Waals surface area contributed by atoms with Crippen molar-refractivity contribution in [2.75, 3.05) is 6.54 Å². The molecule has 0 unspecified atom stereocenters. The lowest BCUT2D eigenvalue weighted by atomic mass is 10.00. The van der Waals surface area contributed by atoms with Gasteiger partial charge in [0.05, 0.1) is 31.5 Å². The van der Waals surface area contributed by atoms with Crippen LogP contribution < -0.4 is 49.1 Å². The number of hydrogen-bond acceptors (Lipinski definition) is 11. The van der Waals surface area contributed by atoms with Gasteiger partial charge < -0.3 is 64.3 Å². The maximum Gasteiger partial charge on any atom is 0.326 e. The molecule has 1 heterocycles. The van der Waals surface area contributed by atoms with Gasteiger partial charge >= 0.3 is 5.97 Å². The third-order valence-corrected chi connectivity index (χ3v) is 9.18. The molecular weight excluding hydrogens is 784 g/mol. The standard InChI is InChI=1S/C39H52N10O11/c1-19(2)32(39(59)60)48-36(56)27(14-22-17-43-25-12-8-7-11-23(22)25)47-35(55)26(13-21-9-5-4-6-10-21)45-31(53)18-44-38(58)33(20(3)50)49-37(57)28(16-30(42)52)46-34(54)24(40)15-29(41)51/h4-12,17,19-20,24,26-28,32-33,43,50H,13-16,18,40H2,1-3H3,(H2,41,51)(H2,42,52)(H,44,58)(H,45,53)(H,46,54)(H,47,55)(H,48,56)(H,49,57)(H,59,60)/t20-,24+,26+,27+,28+,32+,33+/m1/s1. The van der Waals surface area contributed by atoms with E-state index in [-0.39, 0.29) is 12.8 Å². The van der Waals surface area contributed by atoms with Crippen LogP contribution in [0.5, 0.6) is 0 Å². The number of carbonyl (C=O) groups excluding carboxylic acids is 8. The molecular formula is C39H52N10O11. The normalized spacial score (nSPS) is 14.6. The monoisotopic (exact) mass is 836 g/mol. The van der Waals surface area contributed by atoms with E-state index >= 15 is 0 Å². The van der Waals surface area contributed by atoms with Gasteiger partial charge in [0, 0.05) is 29.9 Å². The highest BCUT2D eigenvalue weighted by molar-refractivity contribution is 5.98. The van der Waals surface area contributed by atoms with Crippen molar-refractivity contribution in [2.24, 2.45) is 23.1 Å². The van der Waals surface area contributed by atoms with E-state index in [9.17, 15) is 53.4 Å². The van der Waals surface area contributed by atoms with Crippen molar-refractivity contribution in [3.63, 3.8) is 0 Å². The number of amides is 8. The highest BCUT2D eigenvalue weighted by Crippen LogP contribution is 2.20. The quantitative estimate of drug-likeness (QED) is 0.0447. The Morgan fingerprint density at radius 2 is 1.20 bits per heavy atom. The van der Waals surface area contributed by atoms with Crippen LogP contribution in [0.15, 0.2) is 60.8 Å². The summed E-state index contributed by atoms with van der Waals surface area (Å²) in [5.41, 5.74) is 17.9. The summed E-state index contributed by atoms with van der Waals surface area (Å²) in [5.74, 6) is -9.50. The molecule has 1 aromatic heterocycles. The lowest BCUT2D eigenvalue weighted by Crippen LogP contribution is -2.60. The first-order chi connectivity index (χ1) is 28.3. The second-order valence-corrected chi connectivity index (χ2v) is 14.5. The number of aliphatic carboxylic acids is 1. The van der Waals surface area contributed by atoms with E-state index in [0.29, 0.717) is 11.1 Å². The van der Waals surface area contributed by atoms with Crippen LogP contribution in [-0.4, -0.2) is 117 Å². The zero-order valence-corrected chi connectivity index (χ0v) is 33.2. The van der Waals surface area contributed by atoms with Gasteiger partial charge in [0.25, 0.3) is 0 Å². The number of rotatable bonds is 23. The number of carboxylic acids is 1. The van der Waals surface area contributed by atoms with Crippen molar-refractivity contribution in [1.82, 2.24) is 36.9 Å². The Labute approximate surface area is 344 Å². The van der Waals surface area contributed by atoms with E-state index in [1.807, 2.05) is 18.2 Å². The predicted molar refractivity (Wildman–Crippen MR) is 215 cm³/mol. The predicted octanol–water partition coefficient (Wildman–Crippen LogP) is -3.31. The Kier molecular flexibility index (Phi) is 17.7. The summed E-state index contributed by atoms with van der Waals surface area (Å²) < 4.78 is 0. The fourth-order valence-corrected chi connectivity index (χ4v) is 6.01. The van der Waals surface area contributed by atoms with Crippen molar-refractivity contribution in [2.45, 2.75) is 88.8 Å². The van der Waals surface area contributed by atoms with Crippen molar-refractivity contribution in [3.8, 4) is 0 Å². The number of nitrogens with two attached hydrogens (primary N) is 3. The molecule has 0 aliphatic heterocycles. The maximum atomic E-state index is 14.0. The lowest BCUT2D eigenvalue weighted by molar-refractivity contribution is -0.143. The van der Waals surface area contributed by atoms with Gasteiger partial charge in [0.1, 0.15) is 30.2 Å². The summed E-state index contributed by atoms with van der Waals surface area (Å²) in [6, 6.07) is 6.92. The van der Waals surface area contributed by atoms with Crippen molar-refractivity contribution in [1.29, 1.82) is 0 Å². The van der Waals surface area contributed by atoms with Crippen LogP contribution in [0.25, 0.3) is 10.9 Å². The third-order valence-electron chi connectivity index (χ3n) is 9.18. The lowest BCUT2D eigenvalue weighted by Gasteiger charge is -2.26. The van der Waals surface area contributed by atoms with Crippen LogP contribution in [0, 0.1) is 5.92 Å². The number of carbonyl (C=O) groups is 9. The van der Waals surface area contributed by atoms with Crippen LogP contribution in [0.1, 0.15) is 44.7 Å². The molecule has 0 aliphatic carbocycles. The molecule has 0 radical (unpaired) electrons. The minimum Gasteiger partial charge on any atom is -0.480 e. The number of primary amides is 2. The molecule has 0 spiro atoms. The number of aliphatic hydroxyl groups excluding tert-OH is 1. The first-order valence-corrected chi connectivity index (χ1v) is 18.9. The van der Waals surface area contributed by atoms with E-state index in [4.69, 9.17) is 17.2 Å². The van der Waals surface area contributed by atoms with Gasteiger partial charge in [-0.1, -0.05) is 62.4 Å². The zero-order chi connectivity index (χ0) is 44.7. The largest absolute Gasteiger partial charge is 0.480 e. The SMILES string of the molecule is CC(C)[C@H](NC(=O)[C@H](Cc1c[nH]c2ccccc12)NC(=O)[C@H](Cc1ccccc1)NC(=O)CNC(=O)[C@@H](NC(=O)[C@H](CC(N)=O)NC(=O)[C@@H](N)CC(N)=O)[C@@H](C)O)C(=O)O. The Hall–Kier alpha value is -6.87. The van der Waals surface area contributed by atoms with Gasteiger partial charge in [-0.2, -0.15) is 0 Å². The number of hydrogen-bond donors (Lipinski definition) is 12. The zero-order valence-electron chi connectivity index (χ0n) is 33.2. The number of aliphatic hydroxyl groups is 1. The number of aromatic nitrogens is 1. The van der Waals surface area contributed by atoms with E-state index in [1.54, 1.807) is 56.4 Å². The van der Waals surface area contributed by atoms with Gasteiger partial charge in [-0.25, -0.2) is 4.79 Å². The number of para-hydroxylation sites is 1. The van der Waals surface area contributed by atoms with Crippen LogP contribution in [0.2, 0.25) is 0 Å². The summed E-state index contributed by atoms with van der Waals surface area (Å²) in [5, 5.41) is 35.2. The number of aromatic amines is 1. The summed E-state index contributed by atoms with van der Waals surface area (Å²) in [6.45, 7) is 3.58. The third kappa shape index (κ3) is 14.5. The van der Waals surface area contributed by atoms with Crippen molar-refractivity contribution in [3.05, 3.63) is 71.9 Å². The summed E-state index contributed by atoms with van der Waals surface area (Å²) in [4.78, 5) is 118. The minimum absolute atomic E-state index is 0.0648. The molecule has 0 aliphatic rings. The van der Waals surface area contributed by atoms with Gasteiger partial charge in [0.2, 0.25) is 47.3 Å². The van der Waals surface area contributed by atoms with Crippen LogP contribution in [-0.2, 0) is 56.0 Å². The molecule has 7 atom stereocenters. The molecule has 324 valence electrons. The van der Waals surface area contributed by atoms with E-state index in [1.165, 1.54) is 0 Å². The molecule has 0 bridgehead atoms. The molecule has 8 amide bonds. The summed E-state index contributed by atoms with van der Waals surface area (Å²) >= 11 is 0. The van der Waals surface area contributed by atoms with Crippen molar-refractivity contribution >= 4 is 64.1 Å². The maximum absolute atomic E-state index is 14.0. The summed E-state index contributed by atoms with van der Waals surface area (Å²) in [6.07, 6.45) is -1.42. The summed E-state index contributed by atoms with van der Waals surface area (Å²) in [7, 11) is 0. The molecule has 3 aromatic rings. The first-order valence-electron chi connectivity index (χ1n) is 18.9. The molecule has 0 saturated carbocycles. The topological polar surface area (TPSA) is 360 Å². The molecule has 60 heavy (non-hydrogen) atoms. The van der Waals surface area contributed by atoms with Gasteiger partial charge in [-0.3, -0.25) is 38.4 Å². The average Bonchev–Trinajstić information content (AvgIpc) is 3.59. The second kappa shape index (κ2) is 22.3. The second-order valence-electron chi connectivity index (χ2n) is 14.5. The Morgan fingerprint density at radius 1 is 0.650 bits per heavy atom. The molecule has 0 saturated heterocycles. The number of fused-ring (bicyclic) bond motifs is 1. The smallest absolute Gasteiger partial charge is 0.326 e. The van der Waals surface area contributed by atoms with Crippen LogP contribution in [0.3, 0.4) is 0 Å². The number of carboxylic acid groups (broad SMARTS) is 1. The minimum atomic E-state index is -1.75.